The summed E-state index contributed by atoms with van der Waals surface area (Å²) in [5.74, 6) is 0. The van der Waals surface area contributed by atoms with Crippen molar-refractivity contribution >= 4 is 0 Å². The molecule has 0 aromatic carbocycles. The summed E-state index contributed by atoms with van der Waals surface area (Å²) in [4.78, 5) is 9.86. The number of nitrogens with zero attached hydrogens (tertiary/aromatic N) is 1. The number of hydrogen-bond donors (Lipinski definition) is 1. The summed E-state index contributed by atoms with van der Waals surface area (Å²) in [7, 11) is 0. The summed E-state index contributed by atoms with van der Waals surface area (Å²) in [6.45, 7) is 8.00. The predicted molar refractivity (Wildman–Crippen MR) is 39.8 cm³/mol. The van der Waals surface area contributed by atoms with Crippen molar-refractivity contribution in [1.82, 2.24) is 10.3 Å². The molecule has 0 unspecified atom stereocenters. The van der Waals surface area contributed by atoms with E-state index >= 15 is 0 Å². The van der Waals surface area contributed by atoms with Crippen molar-refractivity contribution in [2.75, 3.05) is 0 Å². The normalized spacial score (nSPS) is 6.40. The average Bonchev–Trinajstić information content (AvgIpc) is 2.48. The summed E-state index contributed by atoms with van der Waals surface area (Å²) in [5.41, 5.74) is -0.310. The van der Waals surface area contributed by atoms with E-state index in [2.05, 4.69) is 9.79 Å². The van der Waals surface area contributed by atoms with Crippen molar-refractivity contribution in [2.24, 2.45) is 0 Å². The summed E-state index contributed by atoms with van der Waals surface area (Å²) in [5, 5.41) is 5.04. The van der Waals surface area contributed by atoms with Crippen LogP contribution in [0.25, 0.3) is 0 Å². The van der Waals surface area contributed by atoms with E-state index in [1.54, 1.807) is 0 Å². The first-order chi connectivity index (χ1) is 4.89. The van der Waals surface area contributed by atoms with Crippen LogP contribution >= 0.6 is 0 Å². The Kier molecular flexibility index (Phi) is 12.7. The third kappa shape index (κ3) is 6.94. The Hall–Kier alpha value is -1.06. The molecular weight excluding hydrogens is 132 g/mol. The molecule has 60 valence electrons. The number of aromatic nitrogens is 2. The van der Waals surface area contributed by atoms with Gasteiger partial charge in [-0.2, -0.15) is 5.16 Å². The molecule has 0 atom stereocenters. The summed E-state index contributed by atoms with van der Waals surface area (Å²) < 4.78 is 4.03. The minimum Gasteiger partial charge on any atom is -0.267 e. The fourth-order valence-electron chi connectivity index (χ4n) is 0.172. The standard InChI is InChI=1S/C2H2N2O2.2C2H6/c5-2-1-3-6-4-2;2*1-2/h1H,(H,4,5);2*1-2H3. The van der Waals surface area contributed by atoms with Crippen LogP contribution in [0.4, 0.5) is 0 Å². The minimum absolute atomic E-state index is 0.310. The fourth-order valence-corrected chi connectivity index (χ4v) is 0.172. The van der Waals surface area contributed by atoms with E-state index in [9.17, 15) is 4.79 Å². The lowest BCUT2D eigenvalue weighted by Crippen LogP contribution is -1.92. The molecule has 0 aliphatic carbocycles. The topological polar surface area (TPSA) is 58.9 Å². The van der Waals surface area contributed by atoms with Crippen LogP contribution < -0.4 is 5.56 Å². The van der Waals surface area contributed by atoms with Crippen LogP contribution in [0.3, 0.4) is 0 Å². The van der Waals surface area contributed by atoms with Crippen molar-refractivity contribution in [2.45, 2.75) is 27.7 Å². The van der Waals surface area contributed by atoms with Crippen LogP contribution in [0, 0.1) is 0 Å². The molecular formula is C6H14N2O2. The van der Waals surface area contributed by atoms with Crippen molar-refractivity contribution in [1.29, 1.82) is 0 Å². The number of H-pyrrole nitrogens is 1. The van der Waals surface area contributed by atoms with Crippen molar-refractivity contribution in [3.63, 3.8) is 0 Å². The molecule has 4 nitrogen and oxygen atoms in total. The monoisotopic (exact) mass is 146 g/mol. The maximum absolute atomic E-state index is 9.86. The zero-order valence-corrected chi connectivity index (χ0v) is 6.84. The second-order valence-electron chi connectivity index (χ2n) is 0.792. The third-order valence-corrected chi connectivity index (χ3v) is 0.369. The summed E-state index contributed by atoms with van der Waals surface area (Å²) in [6.07, 6.45) is 1.06. The molecule has 1 rings (SSSR count). The SMILES string of the molecule is CC.CC.O=c1cno[nH]1. The Labute approximate surface area is 60.2 Å². The van der Waals surface area contributed by atoms with Gasteiger partial charge in [0.15, 0.2) is 0 Å². The molecule has 10 heavy (non-hydrogen) atoms. The molecule has 0 aliphatic rings. The van der Waals surface area contributed by atoms with Crippen LogP contribution in [0.5, 0.6) is 0 Å². The molecule has 0 saturated heterocycles. The average molecular weight is 146 g/mol. The third-order valence-electron chi connectivity index (χ3n) is 0.369. The Morgan fingerprint density at radius 3 is 2.00 bits per heavy atom. The van der Waals surface area contributed by atoms with E-state index in [0.29, 0.717) is 0 Å². The van der Waals surface area contributed by atoms with Gasteiger partial charge in [0.05, 0.1) is 0 Å². The molecule has 1 aromatic heterocycles. The maximum Gasteiger partial charge on any atom is 0.300 e. The number of hydrogen-bond acceptors (Lipinski definition) is 3. The van der Waals surface area contributed by atoms with Crippen molar-refractivity contribution < 1.29 is 4.63 Å². The van der Waals surface area contributed by atoms with E-state index in [0.717, 1.165) is 6.20 Å². The van der Waals surface area contributed by atoms with Gasteiger partial charge < -0.3 is 0 Å². The van der Waals surface area contributed by atoms with E-state index in [-0.39, 0.29) is 5.56 Å². The number of rotatable bonds is 0. The Morgan fingerprint density at radius 2 is 1.90 bits per heavy atom. The molecule has 1 aromatic rings. The molecule has 0 aliphatic heterocycles. The van der Waals surface area contributed by atoms with E-state index in [4.69, 9.17) is 0 Å². The number of nitrogens with one attached hydrogen (secondary N) is 1. The molecule has 4 heteroatoms. The fraction of sp³-hybridized carbons (Fsp3) is 0.667. The lowest BCUT2D eigenvalue weighted by molar-refractivity contribution is 0.303. The second-order valence-corrected chi connectivity index (χ2v) is 0.792. The zero-order chi connectivity index (χ0) is 8.41. The highest BCUT2D eigenvalue weighted by Crippen LogP contribution is 1.51. The molecule has 0 amide bonds. The quantitative estimate of drug-likeness (QED) is 0.602. The molecule has 0 spiro atoms. The number of aromatic amines is 1. The van der Waals surface area contributed by atoms with Gasteiger partial charge in [-0.1, -0.05) is 32.9 Å². The van der Waals surface area contributed by atoms with Gasteiger partial charge in [0, 0.05) is 0 Å². The van der Waals surface area contributed by atoms with Gasteiger partial charge in [-0.25, -0.2) is 0 Å². The lowest BCUT2D eigenvalue weighted by Gasteiger charge is -1.50. The van der Waals surface area contributed by atoms with Crippen LogP contribution in [0.15, 0.2) is 15.6 Å². The first kappa shape index (κ1) is 11.7. The zero-order valence-electron chi connectivity index (χ0n) is 6.84. The van der Waals surface area contributed by atoms with Crippen LogP contribution in [-0.2, 0) is 0 Å². The molecule has 1 heterocycles. The van der Waals surface area contributed by atoms with Gasteiger partial charge in [-0.3, -0.25) is 9.42 Å². The highest BCUT2D eigenvalue weighted by Gasteiger charge is 1.74. The van der Waals surface area contributed by atoms with Crippen molar-refractivity contribution in [3.05, 3.63) is 16.6 Å². The van der Waals surface area contributed by atoms with Gasteiger partial charge in [-0.15, -0.1) is 0 Å². The first-order valence-corrected chi connectivity index (χ1v) is 3.39. The van der Waals surface area contributed by atoms with E-state index < -0.39 is 0 Å². The van der Waals surface area contributed by atoms with E-state index in [1.807, 2.05) is 32.9 Å². The molecule has 0 saturated carbocycles. The Bertz CT molecular complexity index is 152. The van der Waals surface area contributed by atoms with E-state index in [1.165, 1.54) is 0 Å². The largest absolute Gasteiger partial charge is 0.300 e. The van der Waals surface area contributed by atoms with Crippen LogP contribution in [-0.4, -0.2) is 10.3 Å². The Balaban J connectivity index is 0. The highest BCUT2D eigenvalue weighted by molar-refractivity contribution is 4.57. The molecule has 0 bridgehead atoms. The molecule has 0 radical (unpaired) electrons. The van der Waals surface area contributed by atoms with Gasteiger partial charge in [-0.05, 0) is 0 Å². The maximum atomic E-state index is 9.86. The van der Waals surface area contributed by atoms with Crippen LogP contribution in [0.1, 0.15) is 27.7 Å². The van der Waals surface area contributed by atoms with Gasteiger partial charge in [0.1, 0.15) is 6.20 Å². The molecule has 1 N–H and O–H groups in total. The smallest absolute Gasteiger partial charge is 0.267 e. The van der Waals surface area contributed by atoms with Gasteiger partial charge in [0.25, 0.3) is 0 Å². The highest BCUT2D eigenvalue weighted by atomic mass is 16.6. The molecule has 0 fully saturated rings. The van der Waals surface area contributed by atoms with Gasteiger partial charge >= 0.3 is 5.56 Å². The Morgan fingerprint density at radius 1 is 1.40 bits per heavy atom. The van der Waals surface area contributed by atoms with Gasteiger partial charge in [0.2, 0.25) is 0 Å². The van der Waals surface area contributed by atoms with Crippen LogP contribution in [0.2, 0.25) is 0 Å². The summed E-state index contributed by atoms with van der Waals surface area (Å²) in [6, 6.07) is 0. The predicted octanol–water partition coefficient (Wildman–Crippen LogP) is 1.42. The first-order valence-electron chi connectivity index (χ1n) is 3.39. The lowest BCUT2D eigenvalue weighted by atomic mass is 10.9. The van der Waals surface area contributed by atoms with Crippen molar-refractivity contribution in [3.8, 4) is 0 Å². The second kappa shape index (κ2) is 10.8. The summed E-state index contributed by atoms with van der Waals surface area (Å²) >= 11 is 0. The minimum atomic E-state index is -0.310.